The van der Waals surface area contributed by atoms with Crippen LogP contribution in [-0.2, 0) is 9.53 Å². The zero-order chi connectivity index (χ0) is 14.4. The van der Waals surface area contributed by atoms with Crippen LogP contribution in [0.4, 0.5) is 0 Å². The van der Waals surface area contributed by atoms with Crippen molar-refractivity contribution in [1.29, 1.82) is 5.26 Å². The van der Waals surface area contributed by atoms with Crippen molar-refractivity contribution in [3.05, 3.63) is 33.8 Å². The second-order valence-corrected chi connectivity index (χ2v) is 4.39. The fraction of sp³-hybridized carbons (Fsp3) is 0.250. The van der Waals surface area contributed by atoms with E-state index in [1.165, 1.54) is 25.1 Å². The lowest BCUT2D eigenvalue weighted by Crippen LogP contribution is -2.31. The first-order chi connectivity index (χ1) is 8.93. The Morgan fingerprint density at radius 3 is 2.68 bits per heavy atom. The van der Waals surface area contributed by atoms with Crippen LogP contribution in [0.5, 0.6) is 0 Å². The highest BCUT2D eigenvalue weighted by Gasteiger charge is 2.12. The van der Waals surface area contributed by atoms with E-state index in [9.17, 15) is 9.59 Å². The van der Waals surface area contributed by atoms with Gasteiger partial charge in [0.15, 0.2) is 6.10 Å². The molecule has 7 heteroatoms. The Kier molecular flexibility index (Phi) is 5.61. The summed E-state index contributed by atoms with van der Waals surface area (Å²) >= 11 is 11.5. The summed E-state index contributed by atoms with van der Waals surface area (Å²) in [5.41, 5.74) is 0.274. The van der Waals surface area contributed by atoms with Gasteiger partial charge in [-0.25, -0.2) is 0 Å². The predicted molar refractivity (Wildman–Crippen MR) is 70.0 cm³/mol. The Morgan fingerprint density at radius 1 is 1.42 bits per heavy atom. The number of carbonyl (C=O) groups excluding carboxylic acids is 2. The van der Waals surface area contributed by atoms with Gasteiger partial charge < -0.3 is 10.1 Å². The number of ether oxygens (including phenoxy) is 1. The van der Waals surface area contributed by atoms with Gasteiger partial charge in [0.2, 0.25) is 0 Å². The number of hydrogen-bond acceptors (Lipinski definition) is 4. The van der Waals surface area contributed by atoms with Gasteiger partial charge in [-0.3, -0.25) is 9.59 Å². The molecule has 0 fully saturated rings. The number of carbonyl (C=O) groups is 2. The standard InChI is InChI=1S/C12H10Cl2N2O3/c1-7(5-15)19-11(17)6-16-12(18)8-2-3-9(13)10(14)4-8/h2-4,7H,6H2,1H3,(H,16,18). The summed E-state index contributed by atoms with van der Waals surface area (Å²) < 4.78 is 4.67. The number of nitrogens with one attached hydrogen (secondary N) is 1. The minimum Gasteiger partial charge on any atom is -0.446 e. The van der Waals surface area contributed by atoms with Gasteiger partial charge in [0.25, 0.3) is 5.91 Å². The largest absolute Gasteiger partial charge is 0.446 e. The molecule has 0 aromatic heterocycles. The number of rotatable bonds is 4. The second-order valence-electron chi connectivity index (χ2n) is 3.57. The Labute approximate surface area is 120 Å². The topological polar surface area (TPSA) is 79.2 Å². The van der Waals surface area contributed by atoms with Gasteiger partial charge in [-0.15, -0.1) is 0 Å². The maximum atomic E-state index is 11.7. The van der Waals surface area contributed by atoms with E-state index in [1.54, 1.807) is 6.07 Å². The zero-order valence-corrected chi connectivity index (χ0v) is 11.5. The normalized spacial score (nSPS) is 11.3. The Balaban J connectivity index is 2.54. The molecule has 1 atom stereocenters. The summed E-state index contributed by atoms with van der Waals surface area (Å²) in [4.78, 5) is 22.9. The average molecular weight is 301 g/mol. The summed E-state index contributed by atoms with van der Waals surface area (Å²) in [5, 5.41) is 11.4. The zero-order valence-electron chi connectivity index (χ0n) is 9.94. The fourth-order valence-corrected chi connectivity index (χ4v) is 1.46. The monoisotopic (exact) mass is 300 g/mol. The van der Waals surface area contributed by atoms with Crippen molar-refractivity contribution in [1.82, 2.24) is 5.32 Å². The highest BCUT2D eigenvalue weighted by molar-refractivity contribution is 6.42. The first kappa shape index (κ1) is 15.3. The molecule has 0 saturated heterocycles. The minimum absolute atomic E-state index is 0.245. The second kappa shape index (κ2) is 6.98. The van der Waals surface area contributed by atoms with Gasteiger partial charge in [0.1, 0.15) is 12.6 Å². The van der Waals surface area contributed by atoms with Crippen molar-refractivity contribution in [2.24, 2.45) is 0 Å². The van der Waals surface area contributed by atoms with E-state index in [2.05, 4.69) is 10.1 Å². The lowest BCUT2D eigenvalue weighted by molar-refractivity contribution is -0.144. The molecule has 5 nitrogen and oxygen atoms in total. The number of nitriles is 1. The van der Waals surface area contributed by atoms with Crippen molar-refractivity contribution < 1.29 is 14.3 Å². The van der Waals surface area contributed by atoms with Crippen LogP contribution in [0.1, 0.15) is 17.3 Å². The summed E-state index contributed by atoms with van der Waals surface area (Å²) in [5.74, 6) is -1.18. The van der Waals surface area contributed by atoms with E-state index in [0.29, 0.717) is 5.02 Å². The van der Waals surface area contributed by atoms with Gasteiger partial charge in [-0.05, 0) is 25.1 Å². The van der Waals surface area contributed by atoms with Crippen LogP contribution in [0.15, 0.2) is 18.2 Å². The van der Waals surface area contributed by atoms with Crippen LogP contribution in [0.25, 0.3) is 0 Å². The van der Waals surface area contributed by atoms with E-state index >= 15 is 0 Å². The molecule has 100 valence electrons. The molecule has 1 unspecified atom stereocenters. The summed E-state index contributed by atoms with van der Waals surface area (Å²) in [6.45, 7) is 1.10. The van der Waals surface area contributed by atoms with E-state index in [0.717, 1.165) is 0 Å². The first-order valence-corrected chi connectivity index (χ1v) is 6.02. The maximum Gasteiger partial charge on any atom is 0.326 e. The number of amides is 1. The molecule has 0 spiro atoms. The summed E-state index contributed by atoms with van der Waals surface area (Å²) in [6, 6.07) is 6.09. The van der Waals surface area contributed by atoms with E-state index < -0.39 is 18.0 Å². The van der Waals surface area contributed by atoms with Crippen molar-refractivity contribution in [3.8, 4) is 6.07 Å². The van der Waals surface area contributed by atoms with Gasteiger partial charge >= 0.3 is 5.97 Å². The summed E-state index contributed by atoms with van der Waals surface area (Å²) in [6.07, 6.45) is -0.852. The van der Waals surface area contributed by atoms with Crippen LogP contribution in [0.2, 0.25) is 10.0 Å². The molecular weight excluding hydrogens is 291 g/mol. The van der Waals surface area contributed by atoms with Crippen molar-refractivity contribution in [2.45, 2.75) is 13.0 Å². The lowest BCUT2D eigenvalue weighted by atomic mass is 10.2. The lowest BCUT2D eigenvalue weighted by Gasteiger charge is -2.07. The molecular formula is C12H10Cl2N2O3. The van der Waals surface area contributed by atoms with E-state index in [1.807, 2.05) is 0 Å². The van der Waals surface area contributed by atoms with Gasteiger partial charge in [0, 0.05) is 5.56 Å². The molecule has 0 radical (unpaired) electrons. The number of benzene rings is 1. The molecule has 0 aliphatic carbocycles. The molecule has 1 rings (SSSR count). The predicted octanol–water partition coefficient (Wildman–Crippen LogP) is 2.18. The number of esters is 1. The molecule has 1 aromatic rings. The highest BCUT2D eigenvalue weighted by Crippen LogP contribution is 2.22. The fourth-order valence-electron chi connectivity index (χ4n) is 1.16. The summed E-state index contributed by atoms with van der Waals surface area (Å²) in [7, 11) is 0. The van der Waals surface area contributed by atoms with Crippen LogP contribution in [0, 0.1) is 11.3 Å². The third kappa shape index (κ3) is 4.78. The van der Waals surface area contributed by atoms with E-state index in [4.69, 9.17) is 28.5 Å². The molecule has 19 heavy (non-hydrogen) atoms. The smallest absolute Gasteiger partial charge is 0.326 e. The van der Waals surface area contributed by atoms with Crippen LogP contribution >= 0.6 is 23.2 Å². The van der Waals surface area contributed by atoms with Crippen molar-refractivity contribution >= 4 is 35.1 Å². The third-order valence-electron chi connectivity index (χ3n) is 2.07. The van der Waals surface area contributed by atoms with Crippen LogP contribution < -0.4 is 5.32 Å². The number of hydrogen-bond donors (Lipinski definition) is 1. The Morgan fingerprint density at radius 2 is 2.11 bits per heavy atom. The number of nitrogens with zero attached hydrogens (tertiary/aromatic N) is 1. The third-order valence-corrected chi connectivity index (χ3v) is 2.80. The van der Waals surface area contributed by atoms with Crippen molar-refractivity contribution in [3.63, 3.8) is 0 Å². The van der Waals surface area contributed by atoms with Gasteiger partial charge in [-0.1, -0.05) is 23.2 Å². The molecule has 0 aliphatic heterocycles. The van der Waals surface area contributed by atoms with Crippen LogP contribution in [0.3, 0.4) is 0 Å². The highest BCUT2D eigenvalue weighted by atomic mass is 35.5. The Bertz CT molecular complexity index is 540. The average Bonchev–Trinajstić information content (AvgIpc) is 2.39. The quantitative estimate of drug-likeness (QED) is 0.864. The van der Waals surface area contributed by atoms with Gasteiger partial charge in [-0.2, -0.15) is 5.26 Å². The SMILES string of the molecule is CC(C#N)OC(=O)CNC(=O)c1ccc(Cl)c(Cl)c1. The number of halogens is 2. The molecule has 1 N–H and O–H groups in total. The Hall–Kier alpha value is -1.77. The van der Waals surface area contributed by atoms with Crippen LogP contribution in [-0.4, -0.2) is 24.5 Å². The molecule has 0 bridgehead atoms. The molecule has 0 saturated carbocycles. The van der Waals surface area contributed by atoms with Gasteiger partial charge in [0.05, 0.1) is 10.0 Å². The molecule has 1 aromatic carbocycles. The molecule has 1 amide bonds. The minimum atomic E-state index is -0.852. The first-order valence-electron chi connectivity index (χ1n) is 5.26. The van der Waals surface area contributed by atoms with E-state index in [-0.39, 0.29) is 17.1 Å². The van der Waals surface area contributed by atoms with Crippen molar-refractivity contribution in [2.75, 3.05) is 6.54 Å². The maximum absolute atomic E-state index is 11.7. The molecule has 0 heterocycles. The molecule has 0 aliphatic rings.